The molecule has 4 nitrogen and oxygen atoms in total. The quantitative estimate of drug-likeness (QED) is 0.937. The van der Waals surface area contributed by atoms with Gasteiger partial charge >= 0.3 is 0 Å². The molecule has 0 amide bonds. The molecule has 2 rings (SSSR count). The predicted octanol–water partition coefficient (Wildman–Crippen LogP) is 3.43. The molecule has 1 heterocycles. The Balaban J connectivity index is 2.42. The van der Waals surface area contributed by atoms with E-state index in [4.69, 9.17) is 16.3 Å². The van der Waals surface area contributed by atoms with Gasteiger partial charge in [-0.05, 0) is 25.1 Å². The molecule has 0 aliphatic heterocycles. The number of ether oxygens (including phenoxy) is 1. The maximum atomic E-state index is 9.34. The third-order valence-corrected chi connectivity index (χ3v) is 3.35. The lowest BCUT2D eigenvalue weighted by molar-refractivity contribution is 0.274. The van der Waals surface area contributed by atoms with Crippen molar-refractivity contribution < 1.29 is 9.84 Å². The van der Waals surface area contributed by atoms with Crippen LogP contribution in [-0.4, -0.2) is 14.9 Å². The van der Waals surface area contributed by atoms with Crippen LogP contribution in [0.25, 0.3) is 0 Å². The smallest absolute Gasteiger partial charge is 0.223 e. The zero-order valence-electron chi connectivity index (χ0n) is 9.94. The number of aliphatic hydroxyl groups excluding tert-OH is 1. The van der Waals surface area contributed by atoms with Crippen LogP contribution < -0.4 is 4.74 Å². The molecule has 0 spiro atoms. The number of aliphatic hydroxyl groups is 1. The number of nitrogens with zero attached hydrogens (tertiary/aromatic N) is 2. The molecular weight excluding hydrogens is 320 g/mol. The van der Waals surface area contributed by atoms with E-state index < -0.39 is 0 Å². The van der Waals surface area contributed by atoms with Crippen molar-refractivity contribution in [1.29, 1.82) is 0 Å². The fourth-order valence-electron chi connectivity index (χ4n) is 1.65. The summed E-state index contributed by atoms with van der Waals surface area (Å²) < 4.78 is 8.19. The second-order valence-corrected chi connectivity index (χ2v) is 5.15. The molecule has 0 saturated carbocycles. The maximum Gasteiger partial charge on any atom is 0.223 e. The molecule has 1 N–H and O–H groups in total. The fraction of sp³-hybridized carbons (Fsp3) is 0.250. The lowest BCUT2D eigenvalue weighted by Gasteiger charge is -2.09. The Labute approximate surface area is 118 Å². The van der Waals surface area contributed by atoms with Gasteiger partial charge in [0.05, 0.1) is 22.9 Å². The Morgan fingerprint density at radius 2 is 2.22 bits per heavy atom. The molecule has 0 fully saturated rings. The Morgan fingerprint density at radius 3 is 2.89 bits per heavy atom. The number of benzene rings is 1. The van der Waals surface area contributed by atoms with Crippen molar-refractivity contribution >= 4 is 27.5 Å². The monoisotopic (exact) mass is 330 g/mol. The first-order valence-corrected chi connectivity index (χ1v) is 6.46. The third-order valence-electron chi connectivity index (χ3n) is 2.55. The number of halogens is 2. The summed E-state index contributed by atoms with van der Waals surface area (Å²) in [6, 6.07) is 5.34. The van der Waals surface area contributed by atoms with E-state index in [1.54, 1.807) is 23.9 Å². The van der Waals surface area contributed by atoms with Gasteiger partial charge < -0.3 is 9.84 Å². The van der Waals surface area contributed by atoms with E-state index in [2.05, 4.69) is 21.0 Å². The van der Waals surface area contributed by atoms with Crippen molar-refractivity contribution in [3.05, 3.63) is 39.0 Å². The van der Waals surface area contributed by atoms with Gasteiger partial charge in [0.15, 0.2) is 0 Å². The van der Waals surface area contributed by atoms with Crippen LogP contribution in [-0.2, 0) is 13.7 Å². The molecule has 1 aromatic carbocycles. The van der Waals surface area contributed by atoms with Crippen LogP contribution >= 0.6 is 27.5 Å². The molecule has 6 heteroatoms. The van der Waals surface area contributed by atoms with Gasteiger partial charge in [-0.2, -0.15) is 5.10 Å². The molecule has 96 valence electrons. The minimum Gasteiger partial charge on any atom is -0.437 e. The highest BCUT2D eigenvalue weighted by atomic mass is 79.9. The first-order chi connectivity index (χ1) is 8.52. The van der Waals surface area contributed by atoms with Gasteiger partial charge in [-0.15, -0.1) is 0 Å². The number of aromatic nitrogens is 2. The molecule has 0 atom stereocenters. The van der Waals surface area contributed by atoms with Gasteiger partial charge in [-0.25, -0.2) is 4.68 Å². The molecule has 0 unspecified atom stereocenters. The van der Waals surface area contributed by atoms with Gasteiger partial charge in [0.2, 0.25) is 5.88 Å². The van der Waals surface area contributed by atoms with Crippen LogP contribution in [0.1, 0.15) is 11.3 Å². The van der Waals surface area contributed by atoms with Crippen molar-refractivity contribution in [2.45, 2.75) is 13.5 Å². The highest BCUT2D eigenvalue weighted by Crippen LogP contribution is 2.34. The summed E-state index contributed by atoms with van der Waals surface area (Å²) in [7, 11) is 1.76. The third kappa shape index (κ3) is 2.53. The molecule has 0 aliphatic rings. The lowest BCUT2D eigenvalue weighted by Crippen LogP contribution is -1.97. The van der Waals surface area contributed by atoms with Crippen LogP contribution in [0.15, 0.2) is 22.7 Å². The SMILES string of the molecule is Cc1nn(C)c(Oc2cc(Br)ccc2Cl)c1CO. The summed E-state index contributed by atoms with van der Waals surface area (Å²) in [5.41, 5.74) is 1.40. The molecule has 1 aromatic heterocycles. The molecule has 0 radical (unpaired) electrons. The van der Waals surface area contributed by atoms with Crippen molar-refractivity contribution in [2.75, 3.05) is 0 Å². The average Bonchev–Trinajstić information content (AvgIpc) is 2.58. The van der Waals surface area contributed by atoms with Crippen LogP contribution in [0.5, 0.6) is 11.6 Å². The number of hydrogen-bond donors (Lipinski definition) is 1. The average molecular weight is 332 g/mol. The van der Waals surface area contributed by atoms with Crippen LogP contribution in [0.3, 0.4) is 0 Å². The Bertz CT molecular complexity index is 584. The topological polar surface area (TPSA) is 47.3 Å². The molecule has 2 aromatic rings. The predicted molar refractivity (Wildman–Crippen MR) is 73.1 cm³/mol. The molecule has 0 bridgehead atoms. The van der Waals surface area contributed by atoms with E-state index >= 15 is 0 Å². The Morgan fingerprint density at radius 1 is 1.50 bits per heavy atom. The number of hydrogen-bond acceptors (Lipinski definition) is 3. The van der Waals surface area contributed by atoms with E-state index in [1.807, 2.05) is 13.0 Å². The van der Waals surface area contributed by atoms with Crippen molar-refractivity contribution in [2.24, 2.45) is 7.05 Å². The van der Waals surface area contributed by atoms with Gasteiger partial charge in [0, 0.05) is 11.5 Å². The van der Waals surface area contributed by atoms with Gasteiger partial charge in [0.1, 0.15) is 5.75 Å². The molecule has 18 heavy (non-hydrogen) atoms. The summed E-state index contributed by atoms with van der Waals surface area (Å²) in [5, 5.41) is 14.0. The molecular formula is C12H12BrClN2O2. The zero-order chi connectivity index (χ0) is 13.3. The van der Waals surface area contributed by atoms with E-state index in [0.29, 0.717) is 22.2 Å². The normalized spacial score (nSPS) is 10.7. The molecule has 0 saturated heterocycles. The van der Waals surface area contributed by atoms with Crippen LogP contribution in [0.4, 0.5) is 0 Å². The summed E-state index contributed by atoms with van der Waals surface area (Å²) >= 11 is 9.42. The largest absolute Gasteiger partial charge is 0.437 e. The van der Waals surface area contributed by atoms with E-state index in [0.717, 1.165) is 10.2 Å². The minimum absolute atomic E-state index is 0.124. The van der Waals surface area contributed by atoms with Crippen molar-refractivity contribution in [3.63, 3.8) is 0 Å². The fourth-order valence-corrected chi connectivity index (χ4v) is 2.15. The first-order valence-electron chi connectivity index (χ1n) is 5.29. The van der Waals surface area contributed by atoms with Gasteiger partial charge in [-0.1, -0.05) is 27.5 Å². The minimum atomic E-state index is -0.124. The summed E-state index contributed by atoms with van der Waals surface area (Å²) in [4.78, 5) is 0. The maximum absolute atomic E-state index is 9.34. The second-order valence-electron chi connectivity index (χ2n) is 3.83. The van der Waals surface area contributed by atoms with E-state index in [-0.39, 0.29) is 6.61 Å². The Kier molecular flexibility index (Phi) is 3.94. The standard InChI is InChI=1S/C12H12BrClN2O2/c1-7-9(6-17)12(16(2)15-7)18-11-5-8(13)3-4-10(11)14/h3-5,17H,6H2,1-2H3. The number of rotatable bonds is 3. The molecule has 0 aliphatic carbocycles. The van der Waals surface area contributed by atoms with Gasteiger partial charge in [-0.3, -0.25) is 0 Å². The second kappa shape index (κ2) is 5.30. The summed E-state index contributed by atoms with van der Waals surface area (Å²) in [5.74, 6) is 1.01. The van der Waals surface area contributed by atoms with Crippen LogP contribution in [0.2, 0.25) is 5.02 Å². The van der Waals surface area contributed by atoms with Crippen LogP contribution in [0, 0.1) is 6.92 Å². The Hall–Kier alpha value is -1.04. The summed E-state index contributed by atoms with van der Waals surface area (Å²) in [6.07, 6.45) is 0. The van der Waals surface area contributed by atoms with Crippen molar-refractivity contribution in [3.8, 4) is 11.6 Å². The lowest BCUT2D eigenvalue weighted by atomic mass is 10.2. The van der Waals surface area contributed by atoms with Gasteiger partial charge in [0.25, 0.3) is 0 Å². The van der Waals surface area contributed by atoms with Crippen molar-refractivity contribution in [1.82, 2.24) is 9.78 Å². The highest BCUT2D eigenvalue weighted by molar-refractivity contribution is 9.10. The van der Waals surface area contributed by atoms with E-state index in [9.17, 15) is 5.11 Å². The highest BCUT2D eigenvalue weighted by Gasteiger charge is 2.15. The summed E-state index contributed by atoms with van der Waals surface area (Å²) in [6.45, 7) is 1.70. The zero-order valence-corrected chi connectivity index (χ0v) is 12.3. The van der Waals surface area contributed by atoms with E-state index in [1.165, 1.54) is 0 Å². The first kappa shape index (κ1) is 13.4. The number of aryl methyl sites for hydroxylation is 2.